The van der Waals surface area contributed by atoms with E-state index in [0.717, 1.165) is 6.42 Å². The summed E-state index contributed by atoms with van der Waals surface area (Å²) in [6.07, 6.45) is 1.38. The van der Waals surface area contributed by atoms with Crippen molar-refractivity contribution < 1.29 is 19.1 Å². The second kappa shape index (κ2) is 5.95. The van der Waals surface area contributed by atoms with Crippen LogP contribution in [0.5, 0.6) is 0 Å². The highest BCUT2D eigenvalue weighted by Crippen LogP contribution is 2.53. The van der Waals surface area contributed by atoms with E-state index in [4.69, 9.17) is 9.47 Å². The summed E-state index contributed by atoms with van der Waals surface area (Å²) < 4.78 is 10.5. The van der Waals surface area contributed by atoms with E-state index < -0.39 is 17.4 Å². The molecule has 2 saturated heterocycles. The number of fused-ring (bicyclic) bond motifs is 3. The zero-order chi connectivity index (χ0) is 15.8. The van der Waals surface area contributed by atoms with Crippen molar-refractivity contribution >= 4 is 11.9 Å². The molecule has 5 nitrogen and oxygen atoms in total. The Labute approximate surface area is 127 Å². The third-order valence-corrected chi connectivity index (χ3v) is 5.49. The van der Waals surface area contributed by atoms with Crippen LogP contribution in [0.25, 0.3) is 0 Å². The molecule has 0 amide bonds. The second-order valence-electron chi connectivity index (χ2n) is 6.42. The lowest BCUT2D eigenvalue weighted by molar-refractivity contribution is -0.196. The zero-order valence-corrected chi connectivity index (χ0v) is 13.7. The highest BCUT2D eigenvalue weighted by Gasteiger charge is 2.64. The van der Waals surface area contributed by atoms with Gasteiger partial charge in [-0.2, -0.15) is 0 Å². The van der Waals surface area contributed by atoms with E-state index in [1.165, 1.54) is 0 Å². The van der Waals surface area contributed by atoms with Crippen LogP contribution in [0.15, 0.2) is 0 Å². The third-order valence-electron chi connectivity index (χ3n) is 5.49. The summed E-state index contributed by atoms with van der Waals surface area (Å²) >= 11 is 0. The Morgan fingerprint density at radius 2 is 1.67 bits per heavy atom. The number of hydrogen-bond donors (Lipinski definition) is 0. The molecule has 2 heterocycles. The molecule has 0 N–H and O–H groups in total. The first-order chi connectivity index (χ1) is 9.90. The van der Waals surface area contributed by atoms with Crippen molar-refractivity contribution in [2.75, 3.05) is 20.3 Å². The molecule has 0 radical (unpaired) electrons. The molecule has 0 spiro atoms. The monoisotopic (exact) mass is 297 g/mol. The number of ether oxygens (including phenoxy) is 2. The van der Waals surface area contributed by atoms with Crippen molar-refractivity contribution in [1.82, 2.24) is 4.90 Å². The smallest absolute Gasteiger partial charge is 0.325 e. The van der Waals surface area contributed by atoms with Gasteiger partial charge in [0.2, 0.25) is 0 Å². The molecule has 0 aromatic rings. The number of carbonyl (C=O) groups is 2. The van der Waals surface area contributed by atoms with Gasteiger partial charge < -0.3 is 9.47 Å². The molecule has 1 aliphatic carbocycles. The van der Waals surface area contributed by atoms with Crippen molar-refractivity contribution in [2.24, 2.45) is 17.3 Å². The van der Waals surface area contributed by atoms with Crippen LogP contribution in [0.3, 0.4) is 0 Å². The van der Waals surface area contributed by atoms with Gasteiger partial charge in [0.15, 0.2) is 5.41 Å². The van der Waals surface area contributed by atoms with Crippen LogP contribution in [0, 0.1) is 17.3 Å². The van der Waals surface area contributed by atoms with Crippen LogP contribution in [-0.4, -0.2) is 49.2 Å². The van der Waals surface area contributed by atoms with Gasteiger partial charge in [-0.3, -0.25) is 14.5 Å². The minimum absolute atomic E-state index is 0.134. The van der Waals surface area contributed by atoms with Gasteiger partial charge in [0.1, 0.15) is 0 Å². The Hall–Kier alpha value is -1.10. The molecule has 3 rings (SSSR count). The number of carbonyl (C=O) groups excluding carboxylic acids is 2. The molecule has 4 unspecified atom stereocenters. The predicted octanol–water partition coefficient (Wildman–Crippen LogP) is 1.85. The maximum absolute atomic E-state index is 12.6. The average molecular weight is 297 g/mol. The number of piperidine rings is 2. The van der Waals surface area contributed by atoms with E-state index in [1.807, 2.05) is 7.05 Å². The van der Waals surface area contributed by atoms with Crippen molar-refractivity contribution in [3.63, 3.8) is 0 Å². The van der Waals surface area contributed by atoms with Crippen LogP contribution >= 0.6 is 0 Å². The van der Waals surface area contributed by atoms with E-state index in [1.54, 1.807) is 13.8 Å². The fourth-order valence-electron chi connectivity index (χ4n) is 4.22. The van der Waals surface area contributed by atoms with Gasteiger partial charge in [-0.1, -0.05) is 6.92 Å². The van der Waals surface area contributed by atoms with Gasteiger partial charge in [-0.05, 0) is 52.5 Å². The van der Waals surface area contributed by atoms with Gasteiger partial charge in [0.25, 0.3) is 0 Å². The molecule has 2 aliphatic heterocycles. The lowest BCUT2D eigenvalue weighted by atomic mass is 9.56. The molecule has 120 valence electrons. The summed E-state index contributed by atoms with van der Waals surface area (Å²) in [7, 11) is 2.00. The van der Waals surface area contributed by atoms with Gasteiger partial charge in [-0.25, -0.2) is 0 Å². The fourth-order valence-corrected chi connectivity index (χ4v) is 4.22. The quantitative estimate of drug-likeness (QED) is 0.585. The van der Waals surface area contributed by atoms with Crippen LogP contribution in [0.2, 0.25) is 0 Å². The summed E-state index contributed by atoms with van der Waals surface area (Å²) in [4.78, 5) is 27.4. The number of esters is 2. The van der Waals surface area contributed by atoms with Crippen molar-refractivity contribution in [3.8, 4) is 0 Å². The summed E-state index contributed by atoms with van der Waals surface area (Å²) in [6, 6.07) is 0.237. The Morgan fingerprint density at radius 3 is 2.14 bits per heavy atom. The first-order valence-corrected chi connectivity index (χ1v) is 7.96. The van der Waals surface area contributed by atoms with Crippen molar-refractivity contribution in [1.29, 1.82) is 0 Å². The maximum atomic E-state index is 12.6. The molecule has 0 aromatic heterocycles. The minimum Gasteiger partial charge on any atom is -0.465 e. The van der Waals surface area contributed by atoms with E-state index in [9.17, 15) is 9.59 Å². The largest absolute Gasteiger partial charge is 0.465 e. The Morgan fingerprint density at radius 1 is 1.14 bits per heavy atom. The Bertz CT molecular complexity index is 405. The molecule has 21 heavy (non-hydrogen) atoms. The van der Waals surface area contributed by atoms with E-state index in [2.05, 4.69) is 18.7 Å². The predicted molar refractivity (Wildman–Crippen MR) is 78.6 cm³/mol. The zero-order valence-electron chi connectivity index (χ0n) is 13.7. The number of nitrogens with zero attached hydrogens (tertiary/aromatic N) is 1. The molecule has 5 heteroatoms. The summed E-state index contributed by atoms with van der Waals surface area (Å²) in [5.74, 6) is 0.000176. The SMILES string of the molecule is CCOC(=O)C1(C(=O)OCC)CC2C(C)CC1N(C)C2C. The summed E-state index contributed by atoms with van der Waals surface area (Å²) in [5.41, 5.74) is -1.15. The summed E-state index contributed by atoms with van der Waals surface area (Å²) in [6.45, 7) is 8.49. The van der Waals surface area contributed by atoms with Crippen LogP contribution in [0.4, 0.5) is 0 Å². The van der Waals surface area contributed by atoms with E-state index in [0.29, 0.717) is 24.3 Å². The van der Waals surface area contributed by atoms with Crippen LogP contribution in [-0.2, 0) is 19.1 Å². The van der Waals surface area contributed by atoms with E-state index >= 15 is 0 Å². The van der Waals surface area contributed by atoms with Gasteiger partial charge in [0.05, 0.1) is 13.2 Å². The molecular weight excluding hydrogens is 270 g/mol. The first kappa shape index (κ1) is 16.3. The molecule has 4 atom stereocenters. The number of rotatable bonds is 4. The van der Waals surface area contributed by atoms with Gasteiger partial charge in [-0.15, -0.1) is 0 Å². The maximum Gasteiger partial charge on any atom is 0.325 e. The molecular formula is C16H27NO4. The van der Waals surface area contributed by atoms with Gasteiger partial charge in [0, 0.05) is 12.1 Å². The normalized spacial score (nSPS) is 34.5. The highest BCUT2D eigenvalue weighted by atomic mass is 16.6. The minimum atomic E-state index is -1.15. The van der Waals surface area contributed by atoms with E-state index in [-0.39, 0.29) is 19.3 Å². The Kier molecular flexibility index (Phi) is 4.61. The number of hydrogen-bond acceptors (Lipinski definition) is 5. The third kappa shape index (κ3) is 2.35. The lowest BCUT2D eigenvalue weighted by Gasteiger charge is -2.58. The van der Waals surface area contributed by atoms with Crippen molar-refractivity contribution in [2.45, 2.75) is 52.6 Å². The Balaban J connectivity index is 2.42. The average Bonchev–Trinajstić information content (AvgIpc) is 2.44. The molecule has 1 saturated carbocycles. The molecule has 2 bridgehead atoms. The molecule has 3 fully saturated rings. The second-order valence-corrected chi connectivity index (χ2v) is 6.42. The van der Waals surface area contributed by atoms with Gasteiger partial charge >= 0.3 is 11.9 Å². The molecule has 3 aliphatic rings. The topological polar surface area (TPSA) is 55.8 Å². The summed E-state index contributed by atoms with van der Waals surface area (Å²) in [5, 5.41) is 0. The fraction of sp³-hybridized carbons (Fsp3) is 0.875. The van der Waals surface area contributed by atoms with Crippen molar-refractivity contribution in [3.05, 3.63) is 0 Å². The van der Waals surface area contributed by atoms with Crippen LogP contribution < -0.4 is 0 Å². The highest BCUT2D eigenvalue weighted by molar-refractivity contribution is 6.01. The molecule has 0 aromatic carbocycles. The van der Waals surface area contributed by atoms with Crippen LogP contribution in [0.1, 0.15) is 40.5 Å². The standard InChI is InChI=1S/C16H27NO4/c1-6-20-14(18)16(15(19)21-7-2)9-12-10(3)8-13(16)17(5)11(12)4/h10-13H,6-9H2,1-5H3. The lowest BCUT2D eigenvalue weighted by Crippen LogP contribution is -2.69. The first-order valence-electron chi connectivity index (χ1n) is 7.96.